The van der Waals surface area contributed by atoms with Crippen molar-refractivity contribution in [1.29, 1.82) is 0 Å². The molecule has 0 aliphatic carbocycles. The molecule has 1 atom stereocenters. The Kier molecular flexibility index (Phi) is 7.13. The van der Waals surface area contributed by atoms with Crippen molar-refractivity contribution in [3.63, 3.8) is 0 Å². The second-order valence-corrected chi connectivity index (χ2v) is 7.14. The lowest BCUT2D eigenvalue weighted by molar-refractivity contribution is -0.131. The first-order valence-corrected chi connectivity index (χ1v) is 9.91. The summed E-state index contributed by atoms with van der Waals surface area (Å²) in [5, 5.41) is 2.62. The SMILES string of the molecule is CC(=O)Oc1ccc(C(=O)N[C@@H](Cc2ccc(C(=O)c3ccccc3)cc2)C(N)=O)cc1. The summed E-state index contributed by atoms with van der Waals surface area (Å²) >= 11 is 0. The molecule has 7 heteroatoms. The Hall–Kier alpha value is -4.26. The molecule has 3 aromatic carbocycles. The number of ketones is 1. The third-order valence-electron chi connectivity index (χ3n) is 4.72. The monoisotopic (exact) mass is 430 g/mol. The lowest BCUT2D eigenvalue weighted by Crippen LogP contribution is -2.45. The lowest BCUT2D eigenvalue weighted by Gasteiger charge is -2.16. The van der Waals surface area contributed by atoms with Crippen LogP contribution in [0, 0.1) is 0 Å². The highest BCUT2D eigenvalue weighted by Gasteiger charge is 2.20. The number of esters is 1. The van der Waals surface area contributed by atoms with Crippen LogP contribution >= 0.6 is 0 Å². The summed E-state index contributed by atoms with van der Waals surface area (Å²) in [4.78, 5) is 47.9. The van der Waals surface area contributed by atoms with Gasteiger partial charge in [0.2, 0.25) is 5.91 Å². The maximum atomic E-state index is 12.5. The average Bonchev–Trinajstić information content (AvgIpc) is 2.79. The van der Waals surface area contributed by atoms with Crippen molar-refractivity contribution in [2.24, 2.45) is 5.73 Å². The van der Waals surface area contributed by atoms with Crippen LogP contribution in [-0.2, 0) is 16.0 Å². The Morgan fingerprint density at radius 1 is 0.812 bits per heavy atom. The van der Waals surface area contributed by atoms with E-state index in [0.29, 0.717) is 16.9 Å². The number of benzene rings is 3. The fraction of sp³-hybridized carbons (Fsp3) is 0.120. The highest BCUT2D eigenvalue weighted by molar-refractivity contribution is 6.09. The van der Waals surface area contributed by atoms with Crippen molar-refractivity contribution in [2.75, 3.05) is 0 Å². The first-order chi connectivity index (χ1) is 15.3. The summed E-state index contributed by atoms with van der Waals surface area (Å²) in [6.45, 7) is 1.28. The molecular weight excluding hydrogens is 408 g/mol. The van der Waals surface area contributed by atoms with Crippen LogP contribution in [0.5, 0.6) is 5.75 Å². The van der Waals surface area contributed by atoms with Gasteiger partial charge in [0.15, 0.2) is 5.78 Å². The van der Waals surface area contributed by atoms with Gasteiger partial charge in [-0.15, -0.1) is 0 Å². The smallest absolute Gasteiger partial charge is 0.308 e. The van der Waals surface area contributed by atoms with Crippen LogP contribution in [0.2, 0.25) is 0 Å². The number of amides is 2. The molecule has 0 aromatic heterocycles. The van der Waals surface area contributed by atoms with Crippen LogP contribution in [0.4, 0.5) is 0 Å². The van der Waals surface area contributed by atoms with E-state index in [1.54, 1.807) is 48.5 Å². The molecular formula is C25H22N2O5. The van der Waals surface area contributed by atoms with Gasteiger partial charge in [0, 0.05) is 30.0 Å². The molecule has 0 heterocycles. The summed E-state index contributed by atoms with van der Waals surface area (Å²) < 4.78 is 4.93. The van der Waals surface area contributed by atoms with E-state index in [9.17, 15) is 19.2 Å². The van der Waals surface area contributed by atoms with Gasteiger partial charge in [-0.1, -0.05) is 54.6 Å². The molecule has 0 bridgehead atoms. The fourth-order valence-electron chi connectivity index (χ4n) is 3.09. The van der Waals surface area contributed by atoms with E-state index >= 15 is 0 Å². The van der Waals surface area contributed by atoms with Gasteiger partial charge in [-0.3, -0.25) is 19.2 Å². The molecule has 0 saturated heterocycles. The number of hydrogen-bond acceptors (Lipinski definition) is 5. The second-order valence-electron chi connectivity index (χ2n) is 7.14. The van der Waals surface area contributed by atoms with Gasteiger partial charge < -0.3 is 15.8 Å². The topological polar surface area (TPSA) is 116 Å². The van der Waals surface area contributed by atoms with Crippen molar-refractivity contribution >= 4 is 23.6 Å². The maximum absolute atomic E-state index is 12.5. The summed E-state index contributed by atoms with van der Waals surface area (Å²) in [5.74, 6) is -1.43. The zero-order chi connectivity index (χ0) is 23.1. The standard InChI is InChI=1S/C25H22N2O5/c1-16(28)32-21-13-11-20(12-14-21)25(31)27-22(24(26)30)15-17-7-9-19(10-8-17)23(29)18-5-3-2-4-6-18/h2-14,22H,15H2,1H3,(H2,26,30)(H,27,31)/t22-/m0/s1. The highest BCUT2D eigenvalue weighted by atomic mass is 16.5. The van der Waals surface area contributed by atoms with E-state index in [2.05, 4.69) is 5.32 Å². The summed E-state index contributed by atoms with van der Waals surface area (Å²) in [5.41, 5.74) is 7.61. The number of rotatable bonds is 8. The Morgan fingerprint density at radius 2 is 1.38 bits per heavy atom. The molecule has 3 rings (SSSR count). The van der Waals surface area contributed by atoms with E-state index < -0.39 is 23.8 Å². The highest BCUT2D eigenvalue weighted by Crippen LogP contribution is 2.14. The molecule has 162 valence electrons. The van der Waals surface area contributed by atoms with E-state index in [1.165, 1.54) is 31.2 Å². The van der Waals surface area contributed by atoms with Gasteiger partial charge in [0.05, 0.1) is 0 Å². The Morgan fingerprint density at radius 3 is 1.94 bits per heavy atom. The normalized spacial score (nSPS) is 11.3. The number of nitrogens with one attached hydrogen (secondary N) is 1. The molecule has 3 aromatic rings. The second kappa shape index (κ2) is 10.2. The first kappa shape index (κ1) is 22.4. The zero-order valence-corrected chi connectivity index (χ0v) is 17.4. The summed E-state index contributed by atoms with van der Waals surface area (Å²) in [6, 6.07) is 20.7. The van der Waals surface area contributed by atoms with Crippen LogP contribution in [0.25, 0.3) is 0 Å². The molecule has 0 fully saturated rings. The largest absolute Gasteiger partial charge is 0.427 e. The fourth-order valence-corrected chi connectivity index (χ4v) is 3.09. The predicted molar refractivity (Wildman–Crippen MR) is 118 cm³/mol. The summed E-state index contributed by atoms with van der Waals surface area (Å²) in [7, 11) is 0. The minimum Gasteiger partial charge on any atom is -0.427 e. The van der Waals surface area contributed by atoms with Crippen LogP contribution in [0.15, 0.2) is 78.9 Å². The molecule has 2 amide bonds. The molecule has 0 saturated carbocycles. The number of ether oxygens (including phenoxy) is 1. The summed E-state index contributed by atoms with van der Waals surface area (Å²) in [6.07, 6.45) is 0.173. The number of primary amides is 1. The third-order valence-corrected chi connectivity index (χ3v) is 4.72. The van der Waals surface area contributed by atoms with E-state index in [-0.39, 0.29) is 17.8 Å². The number of nitrogens with two attached hydrogens (primary N) is 1. The number of hydrogen-bond donors (Lipinski definition) is 2. The molecule has 7 nitrogen and oxygen atoms in total. The molecule has 0 aliphatic heterocycles. The van der Waals surface area contributed by atoms with Gasteiger partial charge >= 0.3 is 5.97 Å². The van der Waals surface area contributed by atoms with Crippen molar-refractivity contribution in [3.8, 4) is 5.75 Å². The van der Waals surface area contributed by atoms with E-state index in [4.69, 9.17) is 10.5 Å². The Balaban J connectivity index is 1.66. The number of carbonyl (C=O) groups excluding carboxylic acids is 4. The maximum Gasteiger partial charge on any atom is 0.308 e. The van der Waals surface area contributed by atoms with Crippen molar-refractivity contribution < 1.29 is 23.9 Å². The van der Waals surface area contributed by atoms with Crippen LogP contribution in [-0.4, -0.2) is 29.6 Å². The third kappa shape index (κ3) is 5.89. The van der Waals surface area contributed by atoms with Gasteiger partial charge in [-0.05, 0) is 29.8 Å². The molecule has 3 N–H and O–H groups in total. The van der Waals surface area contributed by atoms with Crippen molar-refractivity contribution in [3.05, 3.63) is 101 Å². The average molecular weight is 430 g/mol. The van der Waals surface area contributed by atoms with Gasteiger partial charge in [0.25, 0.3) is 5.91 Å². The van der Waals surface area contributed by atoms with Gasteiger partial charge in [-0.2, -0.15) is 0 Å². The van der Waals surface area contributed by atoms with Crippen molar-refractivity contribution in [2.45, 2.75) is 19.4 Å². The van der Waals surface area contributed by atoms with Crippen LogP contribution < -0.4 is 15.8 Å². The van der Waals surface area contributed by atoms with E-state index in [0.717, 1.165) is 5.56 Å². The molecule has 32 heavy (non-hydrogen) atoms. The van der Waals surface area contributed by atoms with Crippen LogP contribution in [0.1, 0.15) is 38.8 Å². The predicted octanol–water partition coefficient (Wildman–Crippen LogP) is 2.67. The molecule has 0 unspecified atom stereocenters. The zero-order valence-electron chi connectivity index (χ0n) is 17.4. The van der Waals surface area contributed by atoms with Crippen LogP contribution in [0.3, 0.4) is 0 Å². The Labute approximate surface area is 185 Å². The minimum atomic E-state index is -0.939. The molecule has 0 aliphatic rings. The molecule has 0 spiro atoms. The lowest BCUT2D eigenvalue weighted by atomic mass is 9.99. The molecule has 0 radical (unpaired) electrons. The van der Waals surface area contributed by atoms with Gasteiger partial charge in [0.1, 0.15) is 11.8 Å². The van der Waals surface area contributed by atoms with E-state index in [1.807, 2.05) is 6.07 Å². The number of carbonyl (C=O) groups is 4. The quantitative estimate of drug-likeness (QED) is 0.324. The Bertz CT molecular complexity index is 1120. The first-order valence-electron chi connectivity index (χ1n) is 9.91. The van der Waals surface area contributed by atoms with Crippen molar-refractivity contribution in [1.82, 2.24) is 5.32 Å². The minimum absolute atomic E-state index is 0.103. The van der Waals surface area contributed by atoms with Gasteiger partial charge in [-0.25, -0.2) is 0 Å².